The van der Waals surface area contributed by atoms with Gasteiger partial charge in [0.25, 0.3) is 0 Å². The molecule has 0 amide bonds. The molecule has 0 radical (unpaired) electrons. The largest absolute Gasteiger partial charge is 0.454 e. The first-order chi connectivity index (χ1) is 8.30. The van der Waals surface area contributed by atoms with E-state index in [1.807, 2.05) is 0 Å². The Bertz CT molecular complexity index is 466. The van der Waals surface area contributed by atoms with Crippen LogP contribution in [0.5, 0.6) is 11.5 Å². The minimum absolute atomic E-state index is 0.0185. The maximum Gasteiger partial charge on any atom is 0.416 e. The number of nitrogens with two attached hydrogens (primary N) is 1. The average Bonchev–Trinajstić information content (AvgIpc) is 2.71. The molecular weight excluding hydrogens is 275 g/mol. The monoisotopic (exact) mass is 283 g/mol. The van der Waals surface area contributed by atoms with Crippen molar-refractivity contribution in [3.8, 4) is 11.5 Å². The van der Waals surface area contributed by atoms with Gasteiger partial charge in [-0.15, -0.1) is 0 Å². The molecule has 18 heavy (non-hydrogen) atoms. The van der Waals surface area contributed by atoms with Crippen molar-refractivity contribution < 1.29 is 27.8 Å². The van der Waals surface area contributed by atoms with E-state index >= 15 is 0 Å². The molecule has 0 aliphatic carbocycles. The van der Waals surface area contributed by atoms with E-state index in [9.17, 15) is 13.2 Å². The van der Waals surface area contributed by atoms with E-state index in [0.717, 1.165) is 0 Å². The second-order valence-electron chi connectivity index (χ2n) is 3.74. The zero-order valence-electron chi connectivity index (χ0n) is 8.87. The lowest BCUT2D eigenvalue weighted by Gasteiger charge is -2.22. The molecule has 0 unspecified atom stereocenters. The van der Waals surface area contributed by atoms with E-state index in [0.29, 0.717) is 5.75 Å². The van der Waals surface area contributed by atoms with Crippen molar-refractivity contribution in [2.75, 3.05) is 6.79 Å². The van der Waals surface area contributed by atoms with Crippen LogP contribution in [0.15, 0.2) is 12.1 Å². The molecule has 100 valence electrons. The number of fused-ring (bicyclic) bond motifs is 1. The normalized spacial score (nSPS) is 17.7. The second kappa shape index (κ2) is 4.49. The lowest BCUT2D eigenvalue weighted by molar-refractivity contribution is -0.210. The molecule has 1 aromatic carbocycles. The summed E-state index contributed by atoms with van der Waals surface area (Å²) >= 11 is 5.80. The number of ether oxygens (including phenoxy) is 2. The molecule has 0 saturated carbocycles. The average molecular weight is 284 g/mol. The van der Waals surface area contributed by atoms with Gasteiger partial charge in [0.05, 0.1) is 6.04 Å². The van der Waals surface area contributed by atoms with Gasteiger partial charge in [0.15, 0.2) is 17.6 Å². The maximum absolute atomic E-state index is 12.4. The summed E-state index contributed by atoms with van der Waals surface area (Å²) in [5.74, 6) is 0.580. The van der Waals surface area contributed by atoms with Gasteiger partial charge in [-0.05, 0) is 11.6 Å². The molecule has 0 bridgehead atoms. The Hall–Kier alpha value is -1.18. The van der Waals surface area contributed by atoms with Gasteiger partial charge in [-0.2, -0.15) is 13.2 Å². The molecule has 0 spiro atoms. The van der Waals surface area contributed by atoms with Crippen LogP contribution in [0.3, 0.4) is 0 Å². The van der Waals surface area contributed by atoms with Crippen LogP contribution in [0.25, 0.3) is 0 Å². The zero-order valence-corrected chi connectivity index (χ0v) is 9.63. The summed E-state index contributed by atoms with van der Waals surface area (Å²) in [4.78, 5) is 0. The number of aliphatic hydroxyl groups is 1. The van der Waals surface area contributed by atoms with Gasteiger partial charge >= 0.3 is 6.18 Å². The summed E-state index contributed by atoms with van der Waals surface area (Å²) in [5.41, 5.74) is 5.32. The number of hydrogen-bond acceptors (Lipinski definition) is 4. The fourth-order valence-electron chi connectivity index (χ4n) is 1.56. The van der Waals surface area contributed by atoms with E-state index in [1.165, 1.54) is 12.1 Å². The van der Waals surface area contributed by atoms with Crippen molar-refractivity contribution in [2.45, 2.75) is 18.3 Å². The standard InChI is InChI=1S/C10H9ClF3NO3/c11-5-2-7-6(17-3-18-7)1-4(5)8(15)9(16)10(12,13)14/h1-2,8-9,16H,3,15H2/t8-,9-/m0/s1. The van der Waals surface area contributed by atoms with E-state index in [2.05, 4.69) is 0 Å². The molecule has 4 nitrogen and oxygen atoms in total. The zero-order chi connectivity index (χ0) is 13.5. The smallest absolute Gasteiger partial charge is 0.416 e. The highest BCUT2D eigenvalue weighted by Crippen LogP contribution is 2.40. The highest BCUT2D eigenvalue weighted by molar-refractivity contribution is 6.31. The van der Waals surface area contributed by atoms with Crippen molar-refractivity contribution in [3.05, 3.63) is 22.7 Å². The second-order valence-corrected chi connectivity index (χ2v) is 4.15. The Balaban J connectivity index is 2.34. The third kappa shape index (κ3) is 2.33. The minimum Gasteiger partial charge on any atom is -0.454 e. The van der Waals surface area contributed by atoms with E-state index in [1.54, 1.807) is 0 Å². The summed E-state index contributed by atoms with van der Waals surface area (Å²) in [6, 6.07) is 0.860. The van der Waals surface area contributed by atoms with Crippen molar-refractivity contribution in [1.29, 1.82) is 0 Å². The number of alkyl halides is 3. The molecule has 1 aromatic rings. The molecule has 1 heterocycles. The summed E-state index contributed by atoms with van der Waals surface area (Å²) in [6.07, 6.45) is -7.52. The highest BCUT2D eigenvalue weighted by atomic mass is 35.5. The number of aliphatic hydroxyl groups excluding tert-OH is 1. The van der Waals surface area contributed by atoms with E-state index in [4.69, 9.17) is 31.9 Å². The molecule has 1 aliphatic rings. The Labute approximate surface area is 105 Å². The van der Waals surface area contributed by atoms with Gasteiger partial charge in [0, 0.05) is 11.1 Å². The molecule has 8 heteroatoms. The Morgan fingerprint density at radius 3 is 2.39 bits per heavy atom. The van der Waals surface area contributed by atoms with E-state index in [-0.39, 0.29) is 23.1 Å². The topological polar surface area (TPSA) is 64.7 Å². The maximum atomic E-state index is 12.4. The van der Waals surface area contributed by atoms with Crippen LogP contribution < -0.4 is 15.2 Å². The molecule has 1 aliphatic heterocycles. The third-order valence-electron chi connectivity index (χ3n) is 2.53. The van der Waals surface area contributed by atoms with Gasteiger partial charge in [0.2, 0.25) is 6.79 Å². The van der Waals surface area contributed by atoms with Gasteiger partial charge < -0.3 is 20.3 Å². The van der Waals surface area contributed by atoms with Crippen LogP contribution in [-0.2, 0) is 0 Å². The summed E-state index contributed by atoms with van der Waals surface area (Å²) in [7, 11) is 0. The predicted octanol–water partition coefficient (Wildman–Crippen LogP) is 1.99. The fourth-order valence-corrected chi connectivity index (χ4v) is 1.84. The number of rotatable bonds is 2. The quantitative estimate of drug-likeness (QED) is 0.871. The molecule has 0 aromatic heterocycles. The number of hydrogen-bond donors (Lipinski definition) is 2. The molecule has 2 rings (SSSR count). The van der Waals surface area contributed by atoms with Gasteiger partial charge in [-0.25, -0.2) is 0 Å². The SMILES string of the molecule is N[C@@H](c1cc2c(cc1Cl)OCO2)[C@H](O)C(F)(F)F. The first-order valence-electron chi connectivity index (χ1n) is 4.90. The first-order valence-corrected chi connectivity index (χ1v) is 5.28. The van der Waals surface area contributed by atoms with Crippen LogP contribution in [0.1, 0.15) is 11.6 Å². The van der Waals surface area contributed by atoms with Crippen molar-refractivity contribution in [1.82, 2.24) is 0 Å². The Morgan fingerprint density at radius 2 is 1.83 bits per heavy atom. The molecule has 2 atom stereocenters. The lowest BCUT2D eigenvalue weighted by atomic mass is 10.0. The van der Waals surface area contributed by atoms with Crippen molar-refractivity contribution >= 4 is 11.6 Å². The van der Waals surface area contributed by atoms with Gasteiger partial charge in [0.1, 0.15) is 0 Å². The fraction of sp³-hybridized carbons (Fsp3) is 0.400. The molecule has 0 saturated heterocycles. The Kier molecular flexibility index (Phi) is 3.31. The summed E-state index contributed by atoms with van der Waals surface area (Å²) < 4.78 is 47.1. The van der Waals surface area contributed by atoms with E-state index < -0.39 is 18.3 Å². The molecule has 0 fully saturated rings. The number of benzene rings is 1. The van der Waals surface area contributed by atoms with Crippen molar-refractivity contribution in [3.63, 3.8) is 0 Å². The van der Waals surface area contributed by atoms with Crippen LogP contribution in [0, 0.1) is 0 Å². The molecule has 3 N–H and O–H groups in total. The van der Waals surface area contributed by atoms with Crippen LogP contribution in [0.2, 0.25) is 5.02 Å². The number of halogens is 4. The first kappa shape index (κ1) is 13.3. The third-order valence-corrected chi connectivity index (χ3v) is 2.85. The lowest BCUT2D eigenvalue weighted by Crippen LogP contribution is -2.38. The minimum atomic E-state index is -4.82. The summed E-state index contributed by atoms with van der Waals surface area (Å²) in [5, 5.41) is 9.08. The van der Waals surface area contributed by atoms with Crippen molar-refractivity contribution in [2.24, 2.45) is 5.73 Å². The van der Waals surface area contributed by atoms with Crippen LogP contribution in [0.4, 0.5) is 13.2 Å². The van der Waals surface area contributed by atoms with Crippen LogP contribution >= 0.6 is 11.6 Å². The Morgan fingerprint density at radius 1 is 1.28 bits per heavy atom. The van der Waals surface area contributed by atoms with Gasteiger partial charge in [-0.3, -0.25) is 0 Å². The molecular formula is C10H9ClF3NO3. The predicted molar refractivity (Wildman–Crippen MR) is 56.6 cm³/mol. The van der Waals surface area contributed by atoms with Gasteiger partial charge in [-0.1, -0.05) is 11.6 Å². The highest BCUT2D eigenvalue weighted by Gasteiger charge is 2.43. The summed E-state index contributed by atoms with van der Waals surface area (Å²) in [6.45, 7) is -0.0355. The van der Waals surface area contributed by atoms with Crippen LogP contribution in [-0.4, -0.2) is 24.2 Å².